The number of carbonyl (C=O) groups is 2. The highest BCUT2D eigenvalue weighted by Crippen LogP contribution is 2.25. The van der Waals surface area contributed by atoms with Gasteiger partial charge in [-0.2, -0.15) is 0 Å². The van der Waals surface area contributed by atoms with E-state index >= 15 is 0 Å². The number of thiazole rings is 1. The number of benzene rings is 1. The van der Waals surface area contributed by atoms with Gasteiger partial charge in [0.25, 0.3) is 0 Å². The molecule has 0 saturated heterocycles. The Hall–Kier alpha value is -2.61. The van der Waals surface area contributed by atoms with Gasteiger partial charge in [0.2, 0.25) is 0 Å². The summed E-state index contributed by atoms with van der Waals surface area (Å²) in [5.41, 5.74) is -0.363. The van der Waals surface area contributed by atoms with Gasteiger partial charge >= 0.3 is 12.0 Å². The molecule has 1 aromatic carbocycles. The van der Waals surface area contributed by atoms with Gasteiger partial charge in [-0.3, -0.25) is 10.2 Å². The minimum atomic E-state index is -1.10. The third-order valence-corrected chi connectivity index (χ3v) is 4.80. The molecule has 2 amide bonds. The van der Waals surface area contributed by atoms with Crippen molar-refractivity contribution in [3.63, 3.8) is 0 Å². The van der Waals surface area contributed by atoms with E-state index in [1.165, 1.54) is 11.3 Å². The highest BCUT2D eigenvalue weighted by atomic mass is 32.1. The minimum absolute atomic E-state index is 0.235. The molecule has 0 saturated carbocycles. The second-order valence-electron chi connectivity index (χ2n) is 7.43. The maximum Gasteiger partial charge on any atom is 0.349 e. The van der Waals surface area contributed by atoms with Crippen LogP contribution in [0.1, 0.15) is 41.0 Å². The smallest absolute Gasteiger partial charge is 0.349 e. The van der Waals surface area contributed by atoms with E-state index in [2.05, 4.69) is 24.1 Å². The summed E-state index contributed by atoms with van der Waals surface area (Å²) in [7, 11) is 0. The van der Waals surface area contributed by atoms with Crippen LogP contribution in [0.4, 0.5) is 15.6 Å². The molecule has 2 rings (SSSR count). The summed E-state index contributed by atoms with van der Waals surface area (Å²) in [6.07, 6.45) is 2.51. The first kappa shape index (κ1) is 22.7. The van der Waals surface area contributed by atoms with Crippen LogP contribution in [0.5, 0.6) is 5.75 Å². The van der Waals surface area contributed by atoms with Crippen LogP contribution in [0.15, 0.2) is 35.8 Å². The lowest BCUT2D eigenvalue weighted by molar-refractivity contribution is -0.158. The van der Waals surface area contributed by atoms with Crippen LogP contribution in [0.3, 0.4) is 0 Å². The molecule has 0 bridgehead atoms. The molecule has 1 heterocycles. The number of esters is 1. The van der Waals surface area contributed by atoms with Gasteiger partial charge in [-0.05, 0) is 57.4 Å². The highest BCUT2D eigenvalue weighted by molar-refractivity contribution is 7.13. The minimum Gasteiger partial charge on any atom is -0.476 e. The van der Waals surface area contributed by atoms with Crippen LogP contribution in [0.2, 0.25) is 0 Å². The van der Waals surface area contributed by atoms with E-state index in [9.17, 15) is 9.59 Å². The Labute approximate surface area is 176 Å². The van der Waals surface area contributed by atoms with Crippen molar-refractivity contribution in [1.82, 2.24) is 4.98 Å². The van der Waals surface area contributed by atoms with Crippen molar-refractivity contribution in [1.29, 1.82) is 0 Å². The molecule has 29 heavy (non-hydrogen) atoms. The van der Waals surface area contributed by atoms with E-state index in [1.54, 1.807) is 56.1 Å². The largest absolute Gasteiger partial charge is 0.476 e. The second-order valence-corrected chi connectivity index (χ2v) is 8.32. The molecule has 0 aliphatic heterocycles. The van der Waals surface area contributed by atoms with Crippen LogP contribution in [0.25, 0.3) is 0 Å². The highest BCUT2D eigenvalue weighted by Gasteiger charge is 2.31. The standard InChI is InChI=1S/C21H29N3O4S/c1-6-27-18(25)21(4,5)28-17-9-7-16(8-10-17)24(13-11-15(2)3)20(26)23-19-22-12-14-29-19/h7-10,12,14-15H,6,11,13H2,1-5H3,(H,22,23,26). The topological polar surface area (TPSA) is 80.8 Å². The molecule has 0 atom stereocenters. The number of aromatic nitrogens is 1. The average Bonchev–Trinajstić information content (AvgIpc) is 3.16. The summed E-state index contributed by atoms with van der Waals surface area (Å²) >= 11 is 1.37. The fourth-order valence-corrected chi connectivity index (χ4v) is 3.03. The van der Waals surface area contributed by atoms with E-state index in [4.69, 9.17) is 9.47 Å². The van der Waals surface area contributed by atoms with Gasteiger partial charge in [0.15, 0.2) is 10.7 Å². The van der Waals surface area contributed by atoms with Crippen molar-refractivity contribution >= 4 is 34.2 Å². The maximum atomic E-state index is 12.8. The first-order valence-electron chi connectivity index (χ1n) is 9.67. The van der Waals surface area contributed by atoms with Crippen molar-refractivity contribution < 1.29 is 19.1 Å². The molecular formula is C21H29N3O4S. The predicted octanol–water partition coefficient (Wildman–Crippen LogP) is 4.95. The molecule has 1 aromatic heterocycles. The molecule has 0 spiro atoms. The summed E-state index contributed by atoms with van der Waals surface area (Å²) in [5, 5.41) is 5.20. The lowest BCUT2D eigenvalue weighted by Crippen LogP contribution is -2.39. The van der Waals surface area contributed by atoms with Crippen LogP contribution in [-0.2, 0) is 9.53 Å². The number of ether oxygens (including phenoxy) is 2. The van der Waals surface area contributed by atoms with Crippen LogP contribution in [0, 0.1) is 5.92 Å². The Kier molecular flexibility index (Phi) is 8.01. The first-order valence-corrected chi connectivity index (χ1v) is 10.5. The summed E-state index contributed by atoms with van der Waals surface area (Å²) < 4.78 is 10.8. The van der Waals surface area contributed by atoms with Gasteiger partial charge in [-0.25, -0.2) is 14.6 Å². The fourth-order valence-electron chi connectivity index (χ4n) is 2.51. The monoisotopic (exact) mass is 419 g/mol. The molecule has 8 heteroatoms. The molecule has 7 nitrogen and oxygen atoms in total. The quantitative estimate of drug-likeness (QED) is 0.582. The van der Waals surface area contributed by atoms with E-state index in [0.717, 1.165) is 12.1 Å². The summed E-state index contributed by atoms with van der Waals surface area (Å²) in [4.78, 5) is 30.6. The predicted molar refractivity (Wildman–Crippen MR) is 116 cm³/mol. The van der Waals surface area contributed by atoms with E-state index in [-0.39, 0.29) is 6.03 Å². The Balaban J connectivity index is 2.14. The van der Waals surface area contributed by atoms with Gasteiger partial charge in [-0.1, -0.05) is 13.8 Å². The lowest BCUT2D eigenvalue weighted by Gasteiger charge is -2.26. The number of amides is 2. The van der Waals surface area contributed by atoms with Gasteiger partial charge in [0.05, 0.1) is 6.61 Å². The number of hydrogen-bond acceptors (Lipinski definition) is 6. The van der Waals surface area contributed by atoms with E-state index in [1.807, 2.05) is 5.38 Å². The molecule has 0 radical (unpaired) electrons. The van der Waals surface area contributed by atoms with Crippen molar-refractivity contribution in [3.05, 3.63) is 35.8 Å². The zero-order valence-electron chi connectivity index (χ0n) is 17.6. The molecule has 0 unspecified atom stereocenters. The number of nitrogens with zero attached hydrogens (tertiary/aromatic N) is 2. The molecule has 0 aliphatic rings. The van der Waals surface area contributed by atoms with Crippen LogP contribution in [-0.4, -0.2) is 35.7 Å². The van der Waals surface area contributed by atoms with Crippen molar-refractivity contribution in [2.24, 2.45) is 5.92 Å². The molecule has 2 aromatic rings. The Morgan fingerprint density at radius 2 is 1.93 bits per heavy atom. The Morgan fingerprint density at radius 1 is 1.24 bits per heavy atom. The molecular weight excluding hydrogens is 390 g/mol. The normalized spacial score (nSPS) is 11.2. The third kappa shape index (κ3) is 6.74. The number of hydrogen-bond donors (Lipinski definition) is 1. The summed E-state index contributed by atoms with van der Waals surface area (Å²) in [6.45, 7) is 10.2. The van der Waals surface area contributed by atoms with Crippen LogP contribution >= 0.6 is 11.3 Å². The summed E-state index contributed by atoms with van der Waals surface area (Å²) in [6, 6.07) is 6.86. The van der Waals surface area contributed by atoms with E-state index in [0.29, 0.717) is 30.0 Å². The Bertz CT molecular complexity index is 789. The molecule has 0 fully saturated rings. The van der Waals surface area contributed by atoms with Gasteiger partial charge < -0.3 is 9.47 Å². The van der Waals surface area contributed by atoms with Gasteiger partial charge in [0.1, 0.15) is 5.75 Å². The SMILES string of the molecule is CCOC(=O)C(C)(C)Oc1ccc(N(CCC(C)C)C(=O)Nc2nccs2)cc1. The summed E-state index contributed by atoms with van der Waals surface area (Å²) in [5.74, 6) is 0.555. The van der Waals surface area contributed by atoms with Crippen molar-refractivity contribution in [2.45, 2.75) is 46.6 Å². The maximum absolute atomic E-state index is 12.8. The first-order chi connectivity index (χ1) is 13.7. The number of urea groups is 1. The second kappa shape index (κ2) is 10.2. The lowest BCUT2D eigenvalue weighted by atomic mass is 10.1. The third-order valence-electron chi connectivity index (χ3n) is 4.11. The number of nitrogens with one attached hydrogen (secondary N) is 1. The number of carbonyl (C=O) groups excluding carboxylic acids is 2. The van der Waals surface area contributed by atoms with Crippen molar-refractivity contribution in [2.75, 3.05) is 23.4 Å². The van der Waals surface area contributed by atoms with Crippen LogP contribution < -0.4 is 15.0 Å². The zero-order chi connectivity index (χ0) is 21.4. The van der Waals surface area contributed by atoms with Crippen molar-refractivity contribution in [3.8, 4) is 5.75 Å². The number of anilines is 2. The average molecular weight is 420 g/mol. The zero-order valence-corrected chi connectivity index (χ0v) is 18.4. The Morgan fingerprint density at radius 3 is 2.48 bits per heavy atom. The molecule has 1 N–H and O–H groups in total. The van der Waals surface area contributed by atoms with Gasteiger partial charge in [-0.15, -0.1) is 11.3 Å². The number of rotatable bonds is 9. The van der Waals surface area contributed by atoms with E-state index < -0.39 is 11.6 Å². The molecule has 0 aliphatic carbocycles. The molecule has 158 valence electrons. The fraction of sp³-hybridized carbons (Fsp3) is 0.476. The van der Waals surface area contributed by atoms with Gasteiger partial charge in [0, 0.05) is 23.8 Å².